The number of nitrogens with zero attached hydrogens (tertiary/aromatic N) is 1. The maximum absolute atomic E-state index is 13.3. The lowest BCUT2D eigenvalue weighted by molar-refractivity contribution is -0.139. The summed E-state index contributed by atoms with van der Waals surface area (Å²) < 4.78 is 19.2. The van der Waals surface area contributed by atoms with Crippen LogP contribution < -0.4 is 0 Å². The van der Waals surface area contributed by atoms with Gasteiger partial charge in [0.15, 0.2) is 5.76 Å². The first kappa shape index (κ1) is 19.8. The monoisotopic (exact) mass is 405 g/mol. The molecule has 1 aliphatic heterocycles. The van der Waals surface area contributed by atoms with Crippen LogP contribution in [0.1, 0.15) is 27.2 Å². The number of benzene rings is 2. The van der Waals surface area contributed by atoms with Gasteiger partial charge in [0.05, 0.1) is 0 Å². The van der Waals surface area contributed by atoms with E-state index in [0.29, 0.717) is 17.7 Å². The molecule has 0 aliphatic carbocycles. The van der Waals surface area contributed by atoms with Gasteiger partial charge in [-0.05, 0) is 30.7 Å². The first-order chi connectivity index (χ1) is 14.3. The molecule has 0 radical (unpaired) electrons. The van der Waals surface area contributed by atoms with Gasteiger partial charge < -0.3 is 9.32 Å². The number of likely N-dealkylation sites (tertiary alicyclic amines) is 1. The third kappa shape index (κ3) is 3.68. The number of halogens is 1. The highest BCUT2D eigenvalue weighted by molar-refractivity contribution is 6.43. The van der Waals surface area contributed by atoms with Gasteiger partial charge in [0.25, 0.3) is 5.91 Å². The summed E-state index contributed by atoms with van der Waals surface area (Å²) in [6.07, 6.45) is 0.335. The number of likely N-dealkylation sites (N-methyl/N-ethyl adjacent to an activating group) is 1. The quantitative estimate of drug-likeness (QED) is 0.368. The van der Waals surface area contributed by atoms with Gasteiger partial charge in [0.1, 0.15) is 17.5 Å². The molecular formula is C24H20FNO4. The Balaban J connectivity index is 1.74. The van der Waals surface area contributed by atoms with Crippen molar-refractivity contribution in [3.63, 3.8) is 0 Å². The normalized spacial score (nSPS) is 16.4. The van der Waals surface area contributed by atoms with Gasteiger partial charge in [-0.1, -0.05) is 42.0 Å². The fourth-order valence-corrected chi connectivity index (χ4v) is 3.59. The van der Waals surface area contributed by atoms with Crippen LogP contribution in [-0.2, 0) is 16.0 Å². The SMILES string of the molecule is Cc1ccc(-c2cc(Cc3ccc(F)cc3)c(C(=O)C3CN(C)C(=O)C3=O)o2)cc1. The topological polar surface area (TPSA) is 67.6 Å². The highest BCUT2D eigenvalue weighted by Crippen LogP contribution is 2.30. The summed E-state index contributed by atoms with van der Waals surface area (Å²) in [4.78, 5) is 38.5. The molecule has 1 aromatic heterocycles. The van der Waals surface area contributed by atoms with Crippen LogP contribution in [0.5, 0.6) is 0 Å². The Morgan fingerprint density at radius 2 is 1.77 bits per heavy atom. The first-order valence-electron chi connectivity index (χ1n) is 9.61. The van der Waals surface area contributed by atoms with E-state index in [4.69, 9.17) is 4.42 Å². The van der Waals surface area contributed by atoms with E-state index >= 15 is 0 Å². The Morgan fingerprint density at radius 3 is 2.37 bits per heavy atom. The van der Waals surface area contributed by atoms with Crippen molar-refractivity contribution < 1.29 is 23.2 Å². The fourth-order valence-electron chi connectivity index (χ4n) is 3.59. The smallest absolute Gasteiger partial charge is 0.290 e. The van der Waals surface area contributed by atoms with Gasteiger partial charge in [-0.15, -0.1) is 0 Å². The Kier molecular flexibility index (Phi) is 5.08. The number of aryl methyl sites for hydroxylation is 1. The molecule has 1 unspecified atom stereocenters. The van der Waals surface area contributed by atoms with E-state index < -0.39 is 23.4 Å². The second-order valence-electron chi connectivity index (χ2n) is 7.60. The molecule has 0 bridgehead atoms. The van der Waals surface area contributed by atoms with E-state index in [1.165, 1.54) is 24.1 Å². The largest absolute Gasteiger partial charge is 0.453 e. The van der Waals surface area contributed by atoms with Crippen LogP contribution in [0.4, 0.5) is 4.39 Å². The molecule has 1 aliphatic rings. The Bertz CT molecular complexity index is 1130. The average molecular weight is 405 g/mol. The predicted molar refractivity (Wildman–Crippen MR) is 109 cm³/mol. The Labute approximate surface area is 173 Å². The average Bonchev–Trinajstić information content (AvgIpc) is 3.26. The maximum Gasteiger partial charge on any atom is 0.290 e. The first-order valence-corrected chi connectivity index (χ1v) is 9.61. The van der Waals surface area contributed by atoms with E-state index in [1.807, 2.05) is 31.2 Å². The zero-order valence-corrected chi connectivity index (χ0v) is 16.6. The van der Waals surface area contributed by atoms with Crippen molar-refractivity contribution in [1.29, 1.82) is 0 Å². The molecule has 4 rings (SSSR count). The molecule has 1 atom stereocenters. The molecule has 0 spiro atoms. The maximum atomic E-state index is 13.3. The highest BCUT2D eigenvalue weighted by atomic mass is 19.1. The summed E-state index contributed by atoms with van der Waals surface area (Å²) in [5.41, 5.74) is 3.28. The van der Waals surface area contributed by atoms with Gasteiger partial charge in [-0.3, -0.25) is 14.4 Å². The van der Waals surface area contributed by atoms with Crippen LogP contribution >= 0.6 is 0 Å². The second kappa shape index (κ2) is 7.71. The minimum atomic E-state index is -1.08. The van der Waals surface area contributed by atoms with Crippen LogP contribution in [-0.4, -0.2) is 36.0 Å². The van der Waals surface area contributed by atoms with Crippen molar-refractivity contribution in [2.75, 3.05) is 13.6 Å². The Hall–Kier alpha value is -3.54. The molecule has 0 N–H and O–H groups in total. The van der Waals surface area contributed by atoms with Gasteiger partial charge in [0, 0.05) is 31.1 Å². The van der Waals surface area contributed by atoms with Crippen molar-refractivity contribution in [2.45, 2.75) is 13.3 Å². The summed E-state index contributed by atoms with van der Waals surface area (Å²) in [5, 5.41) is 0. The van der Waals surface area contributed by atoms with Crippen molar-refractivity contribution in [3.8, 4) is 11.3 Å². The van der Waals surface area contributed by atoms with E-state index in [0.717, 1.165) is 16.7 Å². The summed E-state index contributed by atoms with van der Waals surface area (Å²) in [6, 6.07) is 15.4. The third-order valence-corrected chi connectivity index (χ3v) is 5.32. The van der Waals surface area contributed by atoms with Gasteiger partial charge >= 0.3 is 0 Å². The number of carbonyl (C=O) groups excluding carboxylic acids is 3. The molecule has 152 valence electrons. The third-order valence-electron chi connectivity index (χ3n) is 5.32. The van der Waals surface area contributed by atoms with Crippen LogP contribution in [0.2, 0.25) is 0 Å². The van der Waals surface area contributed by atoms with Gasteiger partial charge in [-0.2, -0.15) is 0 Å². The van der Waals surface area contributed by atoms with Crippen LogP contribution in [0, 0.1) is 18.7 Å². The van der Waals surface area contributed by atoms with Crippen molar-refractivity contribution in [3.05, 3.63) is 82.9 Å². The van der Waals surface area contributed by atoms with E-state index in [2.05, 4.69) is 0 Å². The number of Topliss-reactive ketones (excluding diaryl/α,β-unsaturated/α-hetero) is 2. The lowest BCUT2D eigenvalue weighted by Crippen LogP contribution is -2.24. The molecule has 1 fully saturated rings. The molecule has 2 aromatic carbocycles. The molecular weight excluding hydrogens is 385 g/mol. The second-order valence-corrected chi connectivity index (χ2v) is 7.60. The number of amides is 1. The minimum Gasteiger partial charge on any atom is -0.453 e. The molecule has 1 amide bonds. The zero-order chi connectivity index (χ0) is 21.4. The molecule has 6 heteroatoms. The molecule has 3 aromatic rings. The van der Waals surface area contributed by atoms with Gasteiger partial charge in [-0.25, -0.2) is 4.39 Å². The lowest BCUT2D eigenvalue weighted by Gasteiger charge is -2.08. The minimum absolute atomic E-state index is 0.0348. The number of hydrogen-bond donors (Lipinski definition) is 0. The molecule has 30 heavy (non-hydrogen) atoms. The van der Waals surface area contributed by atoms with E-state index in [-0.39, 0.29) is 18.1 Å². The number of hydrogen-bond acceptors (Lipinski definition) is 4. The number of furan rings is 1. The number of carbonyl (C=O) groups is 3. The number of ketones is 2. The molecule has 2 heterocycles. The van der Waals surface area contributed by atoms with E-state index in [9.17, 15) is 18.8 Å². The van der Waals surface area contributed by atoms with Gasteiger partial charge in [0.2, 0.25) is 11.6 Å². The molecule has 0 saturated carbocycles. The van der Waals surface area contributed by atoms with Crippen LogP contribution in [0.25, 0.3) is 11.3 Å². The van der Waals surface area contributed by atoms with Crippen LogP contribution in [0.3, 0.4) is 0 Å². The summed E-state index contributed by atoms with van der Waals surface area (Å²) >= 11 is 0. The standard InChI is InChI=1S/C24H20FNO4/c1-14-3-7-16(8-4-14)20-12-17(11-15-5-9-18(25)10-6-15)23(30-20)21(27)19-13-26(2)24(29)22(19)28/h3-10,12,19H,11,13H2,1-2H3. The van der Waals surface area contributed by atoms with Crippen molar-refractivity contribution >= 4 is 17.5 Å². The summed E-state index contributed by atoms with van der Waals surface area (Å²) in [5.74, 6) is -2.75. The van der Waals surface area contributed by atoms with Crippen LogP contribution in [0.15, 0.2) is 59.0 Å². The summed E-state index contributed by atoms with van der Waals surface area (Å²) in [6.45, 7) is 2.01. The molecule has 1 saturated heterocycles. The summed E-state index contributed by atoms with van der Waals surface area (Å²) in [7, 11) is 1.49. The van der Waals surface area contributed by atoms with Crippen molar-refractivity contribution in [2.24, 2.45) is 5.92 Å². The van der Waals surface area contributed by atoms with E-state index in [1.54, 1.807) is 18.2 Å². The Morgan fingerprint density at radius 1 is 1.10 bits per heavy atom. The number of rotatable bonds is 5. The van der Waals surface area contributed by atoms with Crippen molar-refractivity contribution in [1.82, 2.24) is 4.90 Å². The lowest BCUT2D eigenvalue weighted by atomic mass is 9.95. The fraction of sp³-hybridized carbons (Fsp3) is 0.208. The highest BCUT2D eigenvalue weighted by Gasteiger charge is 2.43. The zero-order valence-electron chi connectivity index (χ0n) is 16.6. The molecule has 5 nitrogen and oxygen atoms in total. The predicted octanol–water partition coefficient (Wildman–Crippen LogP) is 3.82.